The second kappa shape index (κ2) is 5.09. The third-order valence-corrected chi connectivity index (χ3v) is 3.00. The Bertz CT molecular complexity index is 606. The fraction of sp³-hybridized carbons (Fsp3) is 0.308. The number of rotatable bonds is 3. The van der Waals surface area contributed by atoms with E-state index in [0.717, 1.165) is 16.8 Å². The van der Waals surface area contributed by atoms with E-state index in [-0.39, 0.29) is 11.7 Å². The summed E-state index contributed by atoms with van der Waals surface area (Å²) in [4.78, 5) is 12.2. The molecule has 6 nitrogen and oxygen atoms in total. The summed E-state index contributed by atoms with van der Waals surface area (Å²) in [5.74, 6) is -0.578. The number of carbonyl (C=O) groups is 1. The van der Waals surface area contributed by atoms with Gasteiger partial charge in [0.1, 0.15) is 5.69 Å². The molecule has 0 aliphatic rings. The van der Waals surface area contributed by atoms with Crippen LogP contribution in [0, 0.1) is 13.8 Å². The summed E-state index contributed by atoms with van der Waals surface area (Å²) in [5, 5.41) is 9.98. The zero-order chi connectivity index (χ0) is 14.0. The molecule has 1 heterocycles. The molecule has 1 amide bonds. The number of aryl methyl sites for hydroxylation is 2. The molecule has 0 saturated heterocycles. The average Bonchev–Trinajstić information content (AvgIpc) is 2.79. The van der Waals surface area contributed by atoms with E-state index >= 15 is 0 Å². The van der Waals surface area contributed by atoms with E-state index in [1.165, 1.54) is 0 Å². The van der Waals surface area contributed by atoms with Crippen LogP contribution in [0.1, 0.15) is 29.7 Å². The molecule has 0 bridgehead atoms. The molecule has 100 valence electrons. The number of aromatic nitrogens is 2. The van der Waals surface area contributed by atoms with Gasteiger partial charge in [-0.15, -0.1) is 0 Å². The number of hydrogen-bond acceptors (Lipinski definition) is 5. The number of nitrogens with two attached hydrogens (primary N) is 1. The molecule has 1 unspecified atom stereocenters. The zero-order valence-corrected chi connectivity index (χ0v) is 11.1. The molecular formula is C13H16N4O2. The molecule has 19 heavy (non-hydrogen) atoms. The van der Waals surface area contributed by atoms with E-state index in [2.05, 4.69) is 20.3 Å². The second-order valence-corrected chi connectivity index (χ2v) is 4.56. The van der Waals surface area contributed by atoms with Crippen LogP contribution in [0.25, 0.3) is 0 Å². The molecule has 6 heteroatoms. The number of carbonyl (C=O) groups excluding carboxylic acids is 1. The van der Waals surface area contributed by atoms with Crippen LogP contribution in [-0.4, -0.2) is 16.2 Å². The van der Waals surface area contributed by atoms with Crippen LogP contribution in [0.5, 0.6) is 0 Å². The highest BCUT2D eigenvalue weighted by molar-refractivity contribution is 5.96. The minimum absolute atomic E-state index is 0.142. The lowest BCUT2D eigenvalue weighted by atomic mass is 10.1. The first-order chi connectivity index (χ1) is 8.99. The maximum Gasteiger partial charge on any atom is 0.233 e. The molecule has 2 aromatic rings. The van der Waals surface area contributed by atoms with Crippen molar-refractivity contribution in [2.75, 3.05) is 11.1 Å². The summed E-state index contributed by atoms with van der Waals surface area (Å²) in [6.07, 6.45) is 0. The maximum atomic E-state index is 12.2. The normalized spacial score (nSPS) is 12.2. The molecule has 0 aliphatic heterocycles. The Morgan fingerprint density at radius 3 is 2.74 bits per heavy atom. The molecule has 1 atom stereocenters. The summed E-state index contributed by atoms with van der Waals surface area (Å²) in [5.41, 5.74) is 8.79. The summed E-state index contributed by atoms with van der Waals surface area (Å²) in [7, 11) is 0. The Kier molecular flexibility index (Phi) is 3.50. The lowest BCUT2D eigenvalue weighted by molar-refractivity contribution is -0.117. The van der Waals surface area contributed by atoms with Gasteiger partial charge in [0.25, 0.3) is 0 Å². The van der Waals surface area contributed by atoms with Gasteiger partial charge in [-0.2, -0.15) is 0 Å². The number of hydrogen-bond donors (Lipinski definition) is 2. The molecule has 0 fully saturated rings. The van der Waals surface area contributed by atoms with Crippen molar-refractivity contribution in [1.29, 1.82) is 0 Å². The Labute approximate surface area is 111 Å². The molecule has 3 N–H and O–H groups in total. The largest absolute Gasteiger partial charge is 0.379 e. The molecule has 0 spiro atoms. The second-order valence-electron chi connectivity index (χ2n) is 4.56. The predicted molar refractivity (Wildman–Crippen MR) is 71.7 cm³/mol. The highest BCUT2D eigenvalue weighted by Crippen LogP contribution is 2.22. The molecule has 0 aliphatic carbocycles. The van der Waals surface area contributed by atoms with Gasteiger partial charge in [-0.25, -0.2) is 4.63 Å². The summed E-state index contributed by atoms with van der Waals surface area (Å²) < 4.78 is 4.50. The van der Waals surface area contributed by atoms with Crippen molar-refractivity contribution in [2.45, 2.75) is 26.7 Å². The fourth-order valence-electron chi connectivity index (χ4n) is 1.74. The third-order valence-electron chi connectivity index (χ3n) is 3.00. The lowest BCUT2D eigenvalue weighted by Gasteiger charge is -2.12. The number of nitrogens with zero attached hydrogens (tertiary/aromatic N) is 2. The van der Waals surface area contributed by atoms with Crippen molar-refractivity contribution in [3.8, 4) is 0 Å². The van der Waals surface area contributed by atoms with E-state index in [9.17, 15) is 4.79 Å². The molecule has 0 radical (unpaired) electrons. The van der Waals surface area contributed by atoms with Crippen LogP contribution in [-0.2, 0) is 4.79 Å². The Balaban J connectivity index is 2.17. The van der Waals surface area contributed by atoms with Crippen molar-refractivity contribution in [2.24, 2.45) is 0 Å². The highest BCUT2D eigenvalue weighted by Gasteiger charge is 2.22. The van der Waals surface area contributed by atoms with Gasteiger partial charge >= 0.3 is 0 Å². The number of anilines is 2. The number of nitrogen functional groups attached to an aromatic ring is 1. The number of benzene rings is 1. The minimum atomic E-state index is -0.522. The smallest absolute Gasteiger partial charge is 0.233 e. The van der Waals surface area contributed by atoms with Gasteiger partial charge < -0.3 is 11.1 Å². The Morgan fingerprint density at radius 1 is 1.37 bits per heavy atom. The SMILES string of the molecule is Cc1ccc(C)c(NC(=O)C(C)c2nonc2N)c1. The quantitative estimate of drug-likeness (QED) is 0.880. The van der Waals surface area contributed by atoms with E-state index in [1.807, 2.05) is 32.0 Å². The van der Waals surface area contributed by atoms with Gasteiger partial charge in [0, 0.05) is 5.69 Å². The molecule has 1 aromatic heterocycles. The minimum Gasteiger partial charge on any atom is -0.379 e. The van der Waals surface area contributed by atoms with Crippen molar-refractivity contribution in [3.05, 3.63) is 35.0 Å². The third kappa shape index (κ3) is 2.73. The first-order valence-corrected chi connectivity index (χ1v) is 5.95. The number of amides is 1. The van der Waals surface area contributed by atoms with Crippen LogP contribution in [0.4, 0.5) is 11.5 Å². The van der Waals surface area contributed by atoms with Gasteiger partial charge in [0.05, 0.1) is 5.92 Å². The maximum absolute atomic E-state index is 12.2. The Hall–Kier alpha value is -2.37. The predicted octanol–water partition coefficient (Wildman–Crippen LogP) is 2.01. The summed E-state index contributed by atoms with van der Waals surface area (Å²) >= 11 is 0. The van der Waals surface area contributed by atoms with Crippen LogP contribution >= 0.6 is 0 Å². The molecule has 1 aromatic carbocycles. The topological polar surface area (TPSA) is 94.0 Å². The lowest BCUT2D eigenvalue weighted by Crippen LogP contribution is -2.20. The molecular weight excluding hydrogens is 244 g/mol. The summed E-state index contributed by atoms with van der Waals surface area (Å²) in [6.45, 7) is 5.61. The van der Waals surface area contributed by atoms with Crippen molar-refractivity contribution in [3.63, 3.8) is 0 Å². The van der Waals surface area contributed by atoms with E-state index in [0.29, 0.717) is 5.69 Å². The van der Waals surface area contributed by atoms with Gasteiger partial charge in [0.15, 0.2) is 5.82 Å². The van der Waals surface area contributed by atoms with Crippen molar-refractivity contribution >= 4 is 17.4 Å². The van der Waals surface area contributed by atoms with Gasteiger partial charge in [0.2, 0.25) is 5.91 Å². The monoisotopic (exact) mass is 260 g/mol. The molecule has 0 saturated carbocycles. The van der Waals surface area contributed by atoms with Gasteiger partial charge in [-0.05, 0) is 43.1 Å². The van der Waals surface area contributed by atoms with Crippen molar-refractivity contribution < 1.29 is 9.42 Å². The van der Waals surface area contributed by atoms with E-state index in [4.69, 9.17) is 5.73 Å². The van der Waals surface area contributed by atoms with Crippen LogP contribution < -0.4 is 11.1 Å². The average molecular weight is 260 g/mol. The highest BCUT2D eigenvalue weighted by atomic mass is 16.6. The van der Waals surface area contributed by atoms with Crippen LogP contribution in [0.15, 0.2) is 22.8 Å². The summed E-state index contributed by atoms with van der Waals surface area (Å²) in [6, 6.07) is 5.87. The molecule has 2 rings (SSSR count). The van der Waals surface area contributed by atoms with E-state index < -0.39 is 5.92 Å². The number of nitrogens with one attached hydrogen (secondary N) is 1. The van der Waals surface area contributed by atoms with Gasteiger partial charge in [-0.1, -0.05) is 17.3 Å². The van der Waals surface area contributed by atoms with Crippen molar-refractivity contribution in [1.82, 2.24) is 10.3 Å². The van der Waals surface area contributed by atoms with E-state index in [1.54, 1.807) is 6.92 Å². The first kappa shape index (κ1) is 13.1. The van der Waals surface area contributed by atoms with Crippen LogP contribution in [0.3, 0.4) is 0 Å². The fourth-order valence-corrected chi connectivity index (χ4v) is 1.74. The standard InChI is InChI=1S/C13H16N4O2/c1-7-4-5-8(2)10(6-7)15-13(18)9(3)11-12(14)17-19-16-11/h4-6,9H,1-3H3,(H2,14,17)(H,15,18). The Morgan fingerprint density at radius 2 is 2.11 bits per heavy atom. The van der Waals surface area contributed by atoms with Crippen LogP contribution in [0.2, 0.25) is 0 Å². The van der Waals surface area contributed by atoms with Gasteiger partial charge in [-0.3, -0.25) is 4.79 Å². The zero-order valence-electron chi connectivity index (χ0n) is 11.1. The first-order valence-electron chi connectivity index (χ1n) is 5.95.